The number of alkyl halides is 3. The van der Waals surface area contributed by atoms with Crippen molar-refractivity contribution in [3.05, 3.63) is 35.1 Å². The standard InChI is InChI=1S/C10H8F4O2/c1-5(15)9(16)6-2-3-8(11)7(4-6)10(12,13)14/h2-5,15H,1H3. The number of rotatable bonds is 2. The highest BCUT2D eigenvalue weighted by Crippen LogP contribution is 2.32. The smallest absolute Gasteiger partial charge is 0.385 e. The van der Waals surface area contributed by atoms with Gasteiger partial charge in [0.25, 0.3) is 0 Å². The van der Waals surface area contributed by atoms with Crippen molar-refractivity contribution in [1.82, 2.24) is 0 Å². The molecule has 1 atom stereocenters. The predicted molar refractivity (Wildman–Crippen MR) is 47.4 cm³/mol. The molecular formula is C10H8F4O2. The van der Waals surface area contributed by atoms with E-state index in [4.69, 9.17) is 5.11 Å². The first kappa shape index (κ1) is 12.6. The summed E-state index contributed by atoms with van der Waals surface area (Å²) in [4.78, 5) is 11.2. The Labute approximate surface area is 88.5 Å². The van der Waals surface area contributed by atoms with E-state index in [1.54, 1.807) is 0 Å². The maximum Gasteiger partial charge on any atom is 0.419 e. The number of hydrogen-bond acceptors (Lipinski definition) is 2. The van der Waals surface area contributed by atoms with E-state index in [2.05, 4.69) is 0 Å². The largest absolute Gasteiger partial charge is 0.419 e. The fourth-order valence-electron chi connectivity index (χ4n) is 1.14. The molecule has 6 heteroatoms. The molecule has 1 N–H and O–H groups in total. The summed E-state index contributed by atoms with van der Waals surface area (Å²) < 4.78 is 49.7. The predicted octanol–water partition coefficient (Wildman–Crippen LogP) is 2.41. The third-order valence-corrected chi connectivity index (χ3v) is 1.94. The minimum atomic E-state index is -4.86. The molecule has 1 aromatic carbocycles. The second kappa shape index (κ2) is 4.21. The molecule has 0 fully saturated rings. The lowest BCUT2D eigenvalue weighted by Gasteiger charge is -2.10. The van der Waals surface area contributed by atoms with E-state index in [0.717, 1.165) is 13.0 Å². The first-order valence-corrected chi connectivity index (χ1v) is 4.32. The van der Waals surface area contributed by atoms with Crippen LogP contribution in [-0.2, 0) is 6.18 Å². The van der Waals surface area contributed by atoms with E-state index >= 15 is 0 Å². The van der Waals surface area contributed by atoms with Gasteiger partial charge in [-0.05, 0) is 25.1 Å². The fourth-order valence-corrected chi connectivity index (χ4v) is 1.14. The van der Waals surface area contributed by atoms with Gasteiger partial charge in [0.1, 0.15) is 11.9 Å². The van der Waals surface area contributed by atoms with E-state index in [1.165, 1.54) is 0 Å². The van der Waals surface area contributed by atoms with Gasteiger partial charge in [-0.1, -0.05) is 0 Å². The molecule has 0 aromatic heterocycles. The van der Waals surface area contributed by atoms with Gasteiger partial charge >= 0.3 is 6.18 Å². The molecule has 1 unspecified atom stereocenters. The first-order chi connectivity index (χ1) is 7.23. The van der Waals surface area contributed by atoms with Crippen molar-refractivity contribution in [3.8, 4) is 0 Å². The Hall–Kier alpha value is -1.43. The lowest BCUT2D eigenvalue weighted by atomic mass is 10.0. The van der Waals surface area contributed by atoms with Crippen LogP contribution >= 0.6 is 0 Å². The first-order valence-electron chi connectivity index (χ1n) is 4.32. The molecule has 0 bridgehead atoms. The summed E-state index contributed by atoms with van der Waals surface area (Å²) in [5.74, 6) is -2.33. The zero-order chi connectivity index (χ0) is 12.5. The van der Waals surface area contributed by atoms with Gasteiger partial charge in [0.05, 0.1) is 5.56 Å². The van der Waals surface area contributed by atoms with Crippen molar-refractivity contribution in [1.29, 1.82) is 0 Å². The average Bonchev–Trinajstić information content (AvgIpc) is 2.15. The molecular weight excluding hydrogens is 228 g/mol. The Balaban J connectivity index is 3.23. The SMILES string of the molecule is CC(O)C(=O)c1ccc(F)c(C(F)(F)F)c1. The molecule has 0 aliphatic rings. The van der Waals surface area contributed by atoms with Crippen molar-refractivity contribution in [3.63, 3.8) is 0 Å². The third-order valence-electron chi connectivity index (χ3n) is 1.94. The van der Waals surface area contributed by atoms with Gasteiger partial charge in [0, 0.05) is 5.56 Å². The van der Waals surface area contributed by atoms with E-state index in [9.17, 15) is 22.4 Å². The lowest BCUT2D eigenvalue weighted by Crippen LogP contribution is -2.18. The minimum absolute atomic E-state index is 0.372. The Morgan fingerprint density at radius 2 is 1.94 bits per heavy atom. The van der Waals surface area contributed by atoms with E-state index in [-0.39, 0.29) is 5.56 Å². The molecule has 0 saturated heterocycles. The van der Waals surface area contributed by atoms with E-state index < -0.39 is 29.4 Å². The maximum absolute atomic E-state index is 12.8. The summed E-state index contributed by atoms with van der Waals surface area (Å²) in [5, 5.41) is 8.91. The Bertz CT molecular complexity index is 410. The summed E-state index contributed by atoms with van der Waals surface area (Å²) in [6, 6.07) is 1.85. The number of aliphatic hydroxyl groups is 1. The molecule has 88 valence electrons. The zero-order valence-corrected chi connectivity index (χ0v) is 8.18. The van der Waals surface area contributed by atoms with Gasteiger partial charge in [-0.25, -0.2) is 4.39 Å². The Morgan fingerprint density at radius 1 is 1.38 bits per heavy atom. The molecule has 2 nitrogen and oxygen atoms in total. The number of Topliss-reactive ketones (excluding diaryl/α,β-unsaturated/α-hetero) is 1. The van der Waals surface area contributed by atoms with Crippen LogP contribution in [0.3, 0.4) is 0 Å². The number of aliphatic hydroxyl groups excluding tert-OH is 1. The lowest BCUT2D eigenvalue weighted by molar-refractivity contribution is -0.140. The van der Waals surface area contributed by atoms with Crippen LogP contribution in [0.25, 0.3) is 0 Å². The summed E-state index contributed by atoms with van der Waals surface area (Å²) >= 11 is 0. The molecule has 0 radical (unpaired) electrons. The Kier molecular flexibility index (Phi) is 3.32. The van der Waals surface area contributed by atoms with Crippen LogP contribution in [0.4, 0.5) is 17.6 Å². The highest BCUT2D eigenvalue weighted by atomic mass is 19.4. The molecule has 0 aliphatic heterocycles. The van der Waals surface area contributed by atoms with Gasteiger partial charge in [0.15, 0.2) is 5.78 Å². The van der Waals surface area contributed by atoms with Crippen LogP contribution in [-0.4, -0.2) is 17.0 Å². The van der Waals surface area contributed by atoms with E-state index in [0.29, 0.717) is 12.1 Å². The highest BCUT2D eigenvalue weighted by molar-refractivity contribution is 5.99. The summed E-state index contributed by atoms with van der Waals surface area (Å²) in [6.45, 7) is 1.12. The molecule has 0 amide bonds. The van der Waals surface area contributed by atoms with Crippen LogP contribution in [0.5, 0.6) is 0 Å². The number of benzene rings is 1. The summed E-state index contributed by atoms with van der Waals surface area (Å²) in [6.07, 6.45) is -6.29. The van der Waals surface area contributed by atoms with Crippen LogP contribution in [0.15, 0.2) is 18.2 Å². The van der Waals surface area contributed by atoms with Crippen molar-refractivity contribution >= 4 is 5.78 Å². The number of hydrogen-bond donors (Lipinski definition) is 1. The van der Waals surface area contributed by atoms with Gasteiger partial charge in [-0.15, -0.1) is 0 Å². The number of carbonyl (C=O) groups is 1. The van der Waals surface area contributed by atoms with Crippen LogP contribution in [0.2, 0.25) is 0 Å². The van der Waals surface area contributed by atoms with Crippen molar-refractivity contribution in [2.24, 2.45) is 0 Å². The second-order valence-corrected chi connectivity index (χ2v) is 3.23. The highest BCUT2D eigenvalue weighted by Gasteiger charge is 2.34. The van der Waals surface area contributed by atoms with Crippen LogP contribution in [0.1, 0.15) is 22.8 Å². The second-order valence-electron chi connectivity index (χ2n) is 3.23. The van der Waals surface area contributed by atoms with Crippen molar-refractivity contribution in [2.75, 3.05) is 0 Å². The summed E-state index contributed by atoms with van der Waals surface area (Å²) in [5.41, 5.74) is -1.89. The Morgan fingerprint density at radius 3 is 2.38 bits per heavy atom. The molecule has 1 aromatic rings. The number of carbonyl (C=O) groups excluding carboxylic acids is 1. The monoisotopic (exact) mass is 236 g/mol. The normalized spacial score (nSPS) is 13.6. The molecule has 16 heavy (non-hydrogen) atoms. The zero-order valence-electron chi connectivity index (χ0n) is 8.18. The molecule has 0 spiro atoms. The van der Waals surface area contributed by atoms with E-state index in [1.807, 2.05) is 0 Å². The topological polar surface area (TPSA) is 37.3 Å². The third kappa shape index (κ3) is 2.57. The minimum Gasteiger partial charge on any atom is -0.385 e. The van der Waals surface area contributed by atoms with Gasteiger partial charge in [-0.2, -0.15) is 13.2 Å². The fraction of sp³-hybridized carbons (Fsp3) is 0.300. The summed E-state index contributed by atoms with van der Waals surface area (Å²) in [7, 11) is 0. The molecule has 0 saturated carbocycles. The number of halogens is 4. The van der Waals surface area contributed by atoms with Crippen LogP contribution < -0.4 is 0 Å². The molecule has 0 aliphatic carbocycles. The number of ketones is 1. The molecule has 1 rings (SSSR count). The average molecular weight is 236 g/mol. The van der Waals surface area contributed by atoms with Gasteiger partial charge in [-0.3, -0.25) is 4.79 Å². The molecule has 0 heterocycles. The quantitative estimate of drug-likeness (QED) is 0.632. The van der Waals surface area contributed by atoms with Crippen molar-refractivity contribution < 1.29 is 27.5 Å². The van der Waals surface area contributed by atoms with Gasteiger partial charge in [0.2, 0.25) is 0 Å². The van der Waals surface area contributed by atoms with Crippen LogP contribution in [0, 0.1) is 5.82 Å². The van der Waals surface area contributed by atoms with Crippen molar-refractivity contribution in [2.45, 2.75) is 19.2 Å². The van der Waals surface area contributed by atoms with Gasteiger partial charge < -0.3 is 5.11 Å². The maximum atomic E-state index is 12.8.